The van der Waals surface area contributed by atoms with Gasteiger partial charge < -0.3 is 20.4 Å². The van der Waals surface area contributed by atoms with E-state index in [0.29, 0.717) is 0 Å². The van der Waals surface area contributed by atoms with Crippen LogP contribution in [0.5, 0.6) is 0 Å². The number of rotatable bonds is 4. The molecule has 0 saturated carbocycles. The molecule has 8 nitrogen and oxygen atoms in total. The Hall–Kier alpha value is 0.220. The number of nitrogens with two attached hydrogens (primary N) is 1. The van der Waals surface area contributed by atoms with E-state index in [9.17, 15) is 9.13 Å². The third kappa shape index (κ3) is 6.61. The Kier molecular flexibility index (Phi) is 3.83. The van der Waals surface area contributed by atoms with Crippen molar-refractivity contribution in [1.29, 1.82) is 0 Å². The van der Waals surface area contributed by atoms with E-state index in [1.807, 2.05) is 0 Å². The second-order valence-corrected chi connectivity index (χ2v) is 4.17. The molecule has 0 aliphatic rings. The van der Waals surface area contributed by atoms with E-state index in [2.05, 4.69) is 14.6 Å². The van der Waals surface area contributed by atoms with Crippen LogP contribution in [0.15, 0.2) is 0 Å². The van der Waals surface area contributed by atoms with Gasteiger partial charge in [-0.3, -0.25) is 4.52 Å². The van der Waals surface area contributed by atoms with Crippen molar-refractivity contribution in [1.82, 2.24) is 0 Å². The Morgan fingerprint density at radius 2 is 1.73 bits per heavy atom. The van der Waals surface area contributed by atoms with Gasteiger partial charge in [-0.2, -0.15) is 4.31 Å². The van der Waals surface area contributed by atoms with E-state index in [0.717, 1.165) is 0 Å². The zero-order valence-corrected chi connectivity index (χ0v) is 6.94. The van der Waals surface area contributed by atoms with Gasteiger partial charge in [-0.05, 0) is 0 Å². The fraction of sp³-hybridized carbons (Fsp3) is 1.00. The molecule has 0 aliphatic heterocycles. The number of hydrogen-bond acceptors (Lipinski definition) is 5. The molecule has 0 rings (SSSR count). The third-order valence-electron chi connectivity index (χ3n) is 0.447. The SMILES string of the molecule is NCOP(=O)(O)OP(=O)(O)O. The summed E-state index contributed by atoms with van der Waals surface area (Å²) in [6.45, 7) is -0.673. The van der Waals surface area contributed by atoms with E-state index in [-0.39, 0.29) is 0 Å². The minimum absolute atomic E-state index is 0.673. The highest BCUT2D eigenvalue weighted by Crippen LogP contribution is 2.57. The van der Waals surface area contributed by atoms with Gasteiger partial charge in [0.25, 0.3) is 0 Å². The lowest BCUT2D eigenvalue weighted by molar-refractivity contribution is 0.182. The van der Waals surface area contributed by atoms with Crippen LogP contribution < -0.4 is 5.73 Å². The molecule has 0 aromatic carbocycles. The summed E-state index contributed by atoms with van der Waals surface area (Å²) in [6.07, 6.45) is 0. The Labute approximate surface area is 61.8 Å². The summed E-state index contributed by atoms with van der Waals surface area (Å²) in [5.41, 5.74) is 4.65. The van der Waals surface area contributed by atoms with E-state index >= 15 is 0 Å². The first-order valence-corrected chi connectivity index (χ1v) is 5.24. The molecule has 1 atom stereocenters. The first-order chi connectivity index (χ1) is 4.77. The molecule has 0 spiro atoms. The molecule has 0 bridgehead atoms. The Morgan fingerprint density at radius 1 is 1.27 bits per heavy atom. The first-order valence-electron chi connectivity index (χ1n) is 2.21. The van der Waals surface area contributed by atoms with Crippen molar-refractivity contribution < 1.29 is 32.6 Å². The zero-order valence-electron chi connectivity index (χ0n) is 5.15. The summed E-state index contributed by atoms with van der Waals surface area (Å²) < 4.78 is 27.4. The van der Waals surface area contributed by atoms with Crippen LogP contribution in [-0.4, -0.2) is 21.4 Å². The van der Waals surface area contributed by atoms with Gasteiger partial charge in [-0.1, -0.05) is 0 Å². The van der Waals surface area contributed by atoms with Crippen LogP contribution in [0.1, 0.15) is 0 Å². The maximum absolute atomic E-state index is 10.4. The molecule has 68 valence electrons. The molecule has 0 heterocycles. The average molecular weight is 207 g/mol. The number of phosphoric ester groups is 1. The molecule has 0 radical (unpaired) electrons. The van der Waals surface area contributed by atoms with Crippen molar-refractivity contribution in [2.24, 2.45) is 5.73 Å². The topological polar surface area (TPSA) is 139 Å². The lowest BCUT2D eigenvalue weighted by Crippen LogP contribution is -2.03. The van der Waals surface area contributed by atoms with E-state index in [1.165, 1.54) is 0 Å². The van der Waals surface area contributed by atoms with E-state index in [1.54, 1.807) is 0 Å². The summed E-state index contributed by atoms with van der Waals surface area (Å²) in [5, 5.41) is 0. The molecule has 11 heavy (non-hydrogen) atoms. The van der Waals surface area contributed by atoms with Crippen LogP contribution >= 0.6 is 15.6 Å². The van der Waals surface area contributed by atoms with Crippen molar-refractivity contribution in [3.63, 3.8) is 0 Å². The smallest absolute Gasteiger partial charge is 0.308 e. The van der Waals surface area contributed by atoms with Gasteiger partial charge in [0.1, 0.15) is 6.73 Å². The minimum atomic E-state index is -5.01. The van der Waals surface area contributed by atoms with Crippen LogP contribution in [0, 0.1) is 0 Å². The Morgan fingerprint density at radius 3 is 2.00 bits per heavy atom. The quantitative estimate of drug-likeness (QED) is 0.344. The molecule has 10 heteroatoms. The standard InChI is InChI=1S/CH7NO7P2/c2-1-8-11(6,7)9-10(3,4)5/h1-2H2,(H,6,7)(H2,3,4,5). The Bertz CT molecular complexity index is 206. The average Bonchev–Trinajstić information content (AvgIpc) is 1.55. The van der Waals surface area contributed by atoms with Gasteiger partial charge in [0, 0.05) is 0 Å². The molecule has 5 N–H and O–H groups in total. The van der Waals surface area contributed by atoms with Crippen molar-refractivity contribution >= 4 is 15.6 Å². The fourth-order valence-electron chi connectivity index (χ4n) is 0.252. The summed E-state index contributed by atoms with van der Waals surface area (Å²) >= 11 is 0. The summed E-state index contributed by atoms with van der Waals surface area (Å²) in [4.78, 5) is 24.4. The van der Waals surface area contributed by atoms with Gasteiger partial charge in [-0.15, -0.1) is 0 Å². The molecule has 0 saturated heterocycles. The monoisotopic (exact) mass is 207 g/mol. The second-order valence-electron chi connectivity index (χ2n) is 1.34. The van der Waals surface area contributed by atoms with Gasteiger partial charge >= 0.3 is 15.6 Å². The summed E-state index contributed by atoms with van der Waals surface area (Å²) in [5.74, 6) is 0. The van der Waals surface area contributed by atoms with Crippen LogP contribution in [0.3, 0.4) is 0 Å². The molecule has 1 unspecified atom stereocenters. The molecule has 0 aromatic heterocycles. The largest absolute Gasteiger partial charge is 0.482 e. The third-order valence-corrected chi connectivity index (χ3v) is 2.60. The van der Waals surface area contributed by atoms with Gasteiger partial charge in [-0.25, -0.2) is 9.13 Å². The highest BCUT2D eigenvalue weighted by molar-refractivity contribution is 7.60. The molecule has 0 aromatic rings. The van der Waals surface area contributed by atoms with Crippen molar-refractivity contribution in [2.75, 3.05) is 6.73 Å². The molecule has 0 fully saturated rings. The van der Waals surface area contributed by atoms with Crippen LogP contribution in [0.4, 0.5) is 0 Å². The lowest BCUT2D eigenvalue weighted by Gasteiger charge is -2.09. The van der Waals surface area contributed by atoms with Crippen molar-refractivity contribution in [2.45, 2.75) is 0 Å². The van der Waals surface area contributed by atoms with E-state index < -0.39 is 22.4 Å². The first kappa shape index (κ1) is 11.2. The van der Waals surface area contributed by atoms with Crippen molar-refractivity contribution in [3.8, 4) is 0 Å². The highest BCUT2D eigenvalue weighted by Gasteiger charge is 2.31. The number of phosphoric acid groups is 2. The molecular formula is CH7NO7P2. The van der Waals surface area contributed by atoms with Crippen molar-refractivity contribution in [3.05, 3.63) is 0 Å². The predicted octanol–water partition coefficient (Wildman–Crippen LogP) is -0.871. The Balaban J connectivity index is 4.14. The number of hydrogen-bond donors (Lipinski definition) is 4. The van der Waals surface area contributed by atoms with Gasteiger partial charge in [0.15, 0.2) is 0 Å². The predicted molar refractivity (Wildman–Crippen MR) is 33.1 cm³/mol. The van der Waals surface area contributed by atoms with Gasteiger partial charge in [0.05, 0.1) is 0 Å². The van der Waals surface area contributed by atoms with Gasteiger partial charge in [0.2, 0.25) is 0 Å². The lowest BCUT2D eigenvalue weighted by atomic mass is 11.4. The highest BCUT2D eigenvalue weighted by atomic mass is 31.3. The normalized spacial score (nSPS) is 17.8. The maximum Gasteiger partial charge on any atom is 0.482 e. The zero-order chi connectivity index (χ0) is 9.12. The minimum Gasteiger partial charge on any atom is -0.308 e. The van der Waals surface area contributed by atoms with Crippen LogP contribution in [0.25, 0.3) is 0 Å². The molecular weight excluding hydrogens is 200 g/mol. The van der Waals surface area contributed by atoms with Crippen LogP contribution in [-0.2, 0) is 18.0 Å². The molecule has 0 amide bonds. The summed E-state index contributed by atoms with van der Waals surface area (Å²) in [6, 6.07) is 0. The molecule has 0 aliphatic carbocycles. The maximum atomic E-state index is 10.4. The fourth-order valence-corrected chi connectivity index (χ4v) is 1.70. The second kappa shape index (κ2) is 3.75. The summed E-state index contributed by atoms with van der Waals surface area (Å²) in [7, 11) is -9.71. The van der Waals surface area contributed by atoms with E-state index in [4.69, 9.17) is 14.7 Å². The van der Waals surface area contributed by atoms with Crippen LogP contribution in [0.2, 0.25) is 0 Å².